The smallest absolute Gasteiger partial charge is 0.316 e. The van der Waals surface area contributed by atoms with E-state index in [2.05, 4.69) is 5.32 Å². The highest BCUT2D eigenvalue weighted by Crippen LogP contribution is 2.40. The number of halogens is 3. The van der Waals surface area contributed by atoms with Crippen LogP contribution in [0.25, 0.3) is 0 Å². The van der Waals surface area contributed by atoms with Crippen molar-refractivity contribution in [1.82, 2.24) is 5.32 Å². The lowest BCUT2D eigenvalue weighted by Gasteiger charge is -2.05. The van der Waals surface area contributed by atoms with Crippen LogP contribution in [0.3, 0.4) is 0 Å². The van der Waals surface area contributed by atoms with Gasteiger partial charge < -0.3 is 5.32 Å². The SMILES string of the molecule is C1NCC2CC12.Cc1ccc(C(F)(F)F)cc1. The Morgan fingerprint density at radius 1 is 1.06 bits per heavy atom. The van der Waals surface area contributed by atoms with Crippen molar-refractivity contribution in [3.8, 4) is 0 Å². The van der Waals surface area contributed by atoms with Crippen molar-refractivity contribution in [2.24, 2.45) is 11.8 Å². The van der Waals surface area contributed by atoms with Gasteiger partial charge in [-0.2, -0.15) is 13.2 Å². The second-order valence-electron chi connectivity index (χ2n) is 4.78. The van der Waals surface area contributed by atoms with Gasteiger partial charge in [0.1, 0.15) is 0 Å². The van der Waals surface area contributed by atoms with E-state index in [1.807, 2.05) is 0 Å². The fourth-order valence-corrected chi connectivity index (χ4v) is 2.01. The summed E-state index contributed by atoms with van der Waals surface area (Å²) in [4.78, 5) is 0. The average molecular weight is 243 g/mol. The van der Waals surface area contributed by atoms with Gasteiger partial charge in [-0.25, -0.2) is 0 Å². The zero-order valence-electron chi connectivity index (χ0n) is 9.72. The molecule has 1 aromatic carbocycles. The van der Waals surface area contributed by atoms with Gasteiger partial charge in [0.2, 0.25) is 0 Å². The molecule has 1 aliphatic carbocycles. The molecule has 0 spiro atoms. The zero-order valence-corrected chi connectivity index (χ0v) is 9.72. The molecule has 1 aliphatic heterocycles. The maximum atomic E-state index is 11.9. The Kier molecular flexibility index (Phi) is 3.43. The van der Waals surface area contributed by atoms with Crippen molar-refractivity contribution in [2.45, 2.75) is 19.5 Å². The number of hydrogen-bond donors (Lipinski definition) is 1. The highest BCUT2D eigenvalue weighted by molar-refractivity contribution is 5.23. The van der Waals surface area contributed by atoms with Crippen LogP contribution in [0.4, 0.5) is 13.2 Å². The van der Waals surface area contributed by atoms with Crippen LogP contribution in [-0.4, -0.2) is 13.1 Å². The van der Waals surface area contributed by atoms with E-state index >= 15 is 0 Å². The van der Waals surface area contributed by atoms with Gasteiger partial charge in [-0.05, 0) is 50.4 Å². The van der Waals surface area contributed by atoms with Crippen LogP contribution in [0.2, 0.25) is 0 Å². The zero-order chi connectivity index (χ0) is 12.5. The summed E-state index contributed by atoms with van der Waals surface area (Å²) < 4.78 is 35.8. The van der Waals surface area contributed by atoms with Gasteiger partial charge in [-0.3, -0.25) is 0 Å². The Labute approximate surface area is 99.0 Å². The van der Waals surface area contributed by atoms with E-state index < -0.39 is 11.7 Å². The summed E-state index contributed by atoms with van der Waals surface area (Å²) in [7, 11) is 0. The van der Waals surface area contributed by atoms with Gasteiger partial charge in [-0.1, -0.05) is 17.7 Å². The normalized spacial score (nSPS) is 25.9. The summed E-state index contributed by atoms with van der Waals surface area (Å²) in [5.41, 5.74) is 0.237. The summed E-state index contributed by atoms with van der Waals surface area (Å²) in [6.45, 7) is 4.37. The second-order valence-corrected chi connectivity index (χ2v) is 4.78. The lowest BCUT2D eigenvalue weighted by Crippen LogP contribution is -2.10. The number of benzene rings is 1. The van der Waals surface area contributed by atoms with Crippen molar-refractivity contribution >= 4 is 0 Å². The molecular formula is C13H16F3N. The summed E-state index contributed by atoms with van der Waals surface area (Å²) >= 11 is 0. The molecule has 1 N–H and O–H groups in total. The molecule has 0 radical (unpaired) electrons. The lowest BCUT2D eigenvalue weighted by molar-refractivity contribution is -0.137. The Morgan fingerprint density at radius 3 is 1.88 bits per heavy atom. The molecular weight excluding hydrogens is 227 g/mol. The predicted molar refractivity (Wildman–Crippen MR) is 60.6 cm³/mol. The van der Waals surface area contributed by atoms with Crippen molar-refractivity contribution in [2.75, 3.05) is 13.1 Å². The fraction of sp³-hybridized carbons (Fsp3) is 0.538. The van der Waals surface area contributed by atoms with Crippen molar-refractivity contribution in [3.63, 3.8) is 0 Å². The van der Waals surface area contributed by atoms with Crippen LogP contribution in [0.15, 0.2) is 24.3 Å². The maximum Gasteiger partial charge on any atom is 0.416 e. The van der Waals surface area contributed by atoms with Gasteiger partial charge in [0.15, 0.2) is 0 Å². The summed E-state index contributed by atoms with van der Waals surface area (Å²) in [6.07, 6.45) is -2.69. The molecule has 3 rings (SSSR count). The molecule has 4 heteroatoms. The lowest BCUT2D eigenvalue weighted by atomic mass is 10.1. The van der Waals surface area contributed by atoms with Gasteiger partial charge >= 0.3 is 6.18 Å². The van der Waals surface area contributed by atoms with Crippen molar-refractivity contribution in [3.05, 3.63) is 35.4 Å². The van der Waals surface area contributed by atoms with E-state index in [0.29, 0.717) is 0 Å². The Balaban J connectivity index is 0.000000148. The van der Waals surface area contributed by atoms with Crippen LogP contribution in [-0.2, 0) is 6.18 Å². The molecule has 0 aromatic heterocycles. The first-order valence-electron chi connectivity index (χ1n) is 5.81. The first kappa shape index (κ1) is 12.4. The number of rotatable bonds is 0. The van der Waals surface area contributed by atoms with E-state index in [1.54, 1.807) is 6.92 Å². The highest BCUT2D eigenvalue weighted by atomic mass is 19.4. The third-order valence-corrected chi connectivity index (χ3v) is 3.26. The monoisotopic (exact) mass is 243 g/mol. The summed E-state index contributed by atoms with van der Waals surface area (Å²) in [6, 6.07) is 5.05. The summed E-state index contributed by atoms with van der Waals surface area (Å²) in [5.74, 6) is 2.20. The predicted octanol–water partition coefficient (Wildman–Crippen LogP) is 3.24. The minimum absolute atomic E-state index is 0.594. The van der Waals surface area contributed by atoms with Gasteiger partial charge in [0.25, 0.3) is 0 Å². The average Bonchev–Trinajstić information content (AvgIpc) is 2.86. The number of fused-ring (bicyclic) bond motifs is 1. The number of alkyl halides is 3. The van der Waals surface area contributed by atoms with Crippen LogP contribution in [0, 0.1) is 18.8 Å². The first-order valence-corrected chi connectivity index (χ1v) is 5.81. The van der Waals surface area contributed by atoms with E-state index in [1.165, 1.54) is 31.6 Å². The molecule has 0 bridgehead atoms. The Morgan fingerprint density at radius 2 is 1.59 bits per heavy atom. The molecule has 0 amide bonds. The Bertz CT molecular complexity index is 361. The number of hydrogen-bond acceptors (Lipinski definition) is 1. The molecule has 2 atom stereocenters. The third-order valence-electron chi connectivity index (χ3n) is 3.26. The van der Waals surface area contributed by atoms with E-state index in [0.717, 1.165) is 29.5 Å². The van der Waals surface area contributed by atoms with Crippen molar-refractivity contribution in [1.29, 1.82) is 0 Å². The number of nitrogens with one attached hydrogen (secondary N) is 1. The largest absolute Gasteiger partial charge is 0.416 e. The van der Waals surface area contributed by atoms with Crippen molar-refractivity contribution < 1.29 is 13.2 Å². The molecule has 1 aromatic rings. The number of piperidine rings is 1. The maximum absolute atomic E-state index is 11.9. The second kappa shape index (κ2) is 4.69. The van der Waals surface area contributed by atoms with Crippen LogP contribution >= 0.6 is 0 Å². The molecule has 1 saturated heterocycles. The summed E-state index contributed by atoms with van der Waals surface area (Å²) in [5, 5.41) is 3.32. The highest BCUT2D eigenvalue weighted by Gasteiger charge is 2.40. The minimum Gasteiger partial charge on any atom is -0.316 e. The van der Waals surface area contributed by atoms with E-state index in [9.17, 15) is 13.2 Å². The van der Waals surface area contributed by atoms with Crippen LogP contribution in [0.1, 0.15) is 17.5 Å². The quantitative estimate of drug-likeness (QED) is 0.737. The van der Waals surface area contributed by atoms with E-state index in [-0.39, 0.29) is 0 Å². The Hall–Kier alpha value is -1.03. The first-order chi connectivity index (χ1) is 7.97. The standard InChI is InChI=1S/C8H7F3.C5H9N/c1-6-2-4-7(5-3-6)8(9,10)11;1-4-2-6-3-5(1)4/h2-5H,1H3;4-6H,1-3H2. The van der Waals surface area contributed by atoms with Gasteiger partial charge in [0, 0.05) is 0 Å². The molecule has 2 fully saturated rings. The number of aryl methyl sites for hydroxylation is 1. The van der Waals surface area contributed by atoms with Gasteiger partial charge in [-0.15, -0.1) is 0 Å². The van der Waals surface area contributed by atoms with Gasteiger partial charge in [0.05, 0.1) is 5.56 Å². The topological polar surface area (TPSA) is 12.0 Å². The minimum atomic E-state index is -4.21. The molecule has 2 unspecified atom stereocenters. The van der Waals surface area contributed by atoms with Crippen LogP contribution in [0.5, 0.6) is 0 Å². The third kappa shape index (κ3) is 3.46. The molecule has 94 valence electrons. The molecule has 1 nitrogen and oxygen atoms in total. The van der Waals surface area contributed by atoms with Crippen LogP contribution < -0.4 is 5.32 Å². The molecule has 1 saturated carbocycles. The molecule has 2 aliphatic rings. The molecule has 1 heterocycles. The molecule has 17 heavy (non-hydrogen) atoms. The van der Waals surface area contributed by atoms with E-state index in [4.69, 9.17) is 0 Å². The fourth-order valence-electron chi connectivity index (χ4n) is 2.01.